The zero-order valence-corrected chi connectivity index (χ0v) is 11.1. The van der Waals surface area contributed by atoms with Crippen LogP contribution in [-0.2, 0) is 0 Å². The van der Waals surface area contributed by atoms with Crippen LogP contribution in [0.15, 0.2) is 18.2 Å². The summed E-state index contributed by atoms with van der Waals surface area (Å²) in [6.45, 7) is 2.49. The second-order valence-electron chi connectivity index (χ2n) is 4.91. The summed E-state index contributed by atoms with van der Waals surface area (Å²) in [7, 11) is 0. The normalized spacial score (nSPS) is 28.4. The van der Waals surface area contributed by atoms with E-state index in [2.05, 4.69) is 10.2 Å². The van der Waals surface area contributed by atoms with Crippen LogP contribution in [0.5, 0.6) is 0 Å². The van der Waals surface area contributed by atoms with E-state index in [1.54, 1.807) is 0 Å². The van der Waals surface area contributed by atoms with Gasteiger partial charge < -0.3 is 5.32 Å². The third kappa shape index (κ3) is 2.26. The lowest BCUT2D eigenvalue weighted by Gasteiger charge is -2.22. The van der Waals surface area contributed by atoms with E-state index in [4.69, 9.17) is 23.2 Å². The van der Waals surface area contributed by atoms with Gasteiger partial charge in [-0.1, -0.05) is 23.2 Å². The maximum atomic E-state index is 6.03. The van der Waals surface area contributed by atoms with E-state index in [1.165, 1.54) is 32.4 Å². The summed E-state index contributed by atoms with van der Waals surface area (Å²) in [4.78, 5) is 2.59. The minimum atomic E-state index is 0.565. The van der Waals surface area contributed by atoms with Crippen molar-refractivity contribution >= 4 is 28.9 Å². The summed E-state index contributed by atoms with van der Waals surface area (Å²) < 4.78 is 0. The van der Waals surface area contributed by atoms with Crippen molar-refractivity contribution < 1.29 is 0 Å². The number of nitrogens with one attached hydrogen (secondary N) is 1. The molecule has 0 radical (unpaired) electrons. The first kappa shape index (κ1) is 11.6. The molecule has 0 bridgehead atoms. The van der Waals surface area contributed by atoms with Crippen LogP contribution in [-0.4, -0.2) is 30.1 Å². The number of nitrogens with zero attached hydrogens (tertiary/aromatic N) is 1. The summed E-state index contributed by atoms with van der Waals surface area (Å²) in [5.74, 6) is 0. The summed E-state index contributed by atoms with van der Waals surface area (Å²) in [5.41, 5.74) is 1.08. The molecule has 92 valence electrons. The molecule has 2 atom stereocenters. The maximum Gasteiger partial charge on any atom is 0.0612 e. The minimum Gasteiger partial charge on any atom is -0.381 e. The molecule has 1 aromatic carbocycles. The molecule has 1 N–H and O–H groups in total. The van der Waals surface area contributed by atoms with E-state index in [9.17, 15) is 0 Å². The highest BCUT2D eigenvalue weighted by Crippen LogP contribution is 2.31. The molecule has 2 unspecified atom stereocenters. The van der Waals surface area contributed by atoms with E-state index in [1.807, 2.05) is 18.2 Å². The molecule has 2 fully saturated rings. The van der Waals surface area contributed by atoms with Crippen LogP contribution in [0.4, 0.5) is 5.69 Å². The predicted molar refractivity (Wildman–Crippen MR) is 73.1 cm³/mol. The number of anilines is 1. The standard InChI is InChI=1S/C13H16Cl2N2/c14-10-4-3-9(8-11(10)15)16-12-5-7-17-6-1-2-13(12)17/h3-4,8,12-13,16H,1-2,5-7H2. The van der Waals surface area contributed by atoms with Crippen molar-refractivity contribution in [3.63, 3.8) is 0 Å². The zero-order valence-electron chi connectivity index (χ0n) is 9.63. The van der Waals surface area contributed by atoms with E-state index >= 15 is 0 Å². The van der Waals surface area contributed by atoms with Gasteiger partial charge in [0.15, 0.2) is 0 Å². The van der Waals surface area contributed by atoms with Crippen molar-refractivity contribution in [2.24, 2.45) is 0 Å². The molecule has 4 heteroatoms. The van der Waals surface area contributed by atoms with Gasteiger partial charge in [0, 0.05) is 24.3 Å². The quantitative estimate of drug-likeness (QED) is 0.883. The first-order valence-electron chi connectivity index (χ1n) is 6.20. The van der Waals surface area contributed by atoms with E-state index < -0.39 is 0 Å². The van der Waals surface area contributed by atoms with Crippen LogP contribution in [0, 0.1) is 0 Å². The van der Waals surface area contributed by atoms with Crippen molar-refractivity contribution in [1.29, 1.82) is 0 Å². The number of halogens is 2. The summed E-state index contributed by atoms with van der Waals surface area (Å²) in [5, 5.41) is 4.84. The highest BCUT2D eigenvalue weighted by Gasteiger charge is 2.36. The molecule has 17 heavy (non-hydrogen) atoms. The van der Waals surface area contributed by atoms with Crippen LogP contribution in [0.1, 0.15) is 19.3 Å². The molecule has 0 aliphatic carbocycles. The lowest BCUT2D eigenvalue weighted by atomic mass is 10.1. The Balaban J connectivity index is 1.72. The molecule has 0 spiro atoms. The molecule has 2 nitrogen and oxygen atoms in total. The smallest absolute Gasteiger partial charge is 0.0612 e. The molecular formula is C13H16Cl2N2. The number of rotatable bonds is 2. The Morgan fingerprint density at radius 1 is 1.12 bits per heavy atom. The molecule has 1 aromatic rings. The fourth-order valence-electron chi connectivity index (χ4n) is 3.05. The molecule has 0 aromatic heterocycles. The van der Waals surface area contributed by atoms with Gasteiger partial charge in [-0.05, 0) is 44.0 Å². The van der Waals surface area contributed by atoms with Gasteiger partial charge in [0.05, 0.1) is 10.0 Å². The van der Waals surface area contributed by atoms with E-state index in [0.717, 1.165) is 5.69 Å². The third-order valence-corrected chi connectivity index (χ3v) is 4.62. The maximum absolute atomic E-state index is 6.03. The first-order chi connectivity index (χ1) is 8.24. The molecule has 2 aliphatic rings. The average Bonchev–Trinajstić information content (AvgIpc) is 2.88. The fourth-order valence-corrected chi connectivity index (χ4v) is 3.35. The van der Waals surface area contributed by atoms with Gasteiger partial charge >= 0.3 is 0 Å². The molecule has 2 saturated heterocycles. The monoisotopic (exact) mass is 270 g/mol. The Kier molecular flexibility index (Phi) is 3.20. The van der Waals surface area contributed by atoms with Crippen molar-refractivity contribution in [2.75, 3.05) is 18.4 Å². The number of hydrogen-bond donors (Lipinski definition) is 1. The number of benzene rings is 1. The van der Waals surface area contributed by atoms with Crippen molar-refractivity contribution in [3.05, 3.63) is 28.2 Å². The van der Waals surface area contributed by atoms with Crippen LogP contribution in [0.25, 0.3) is 0 Å². The van der Waals surface area contributed by atoms with Gasteiger partial charge in [-0.15, -0.1) is 0 Å². The number of fused-ring (bicyclic) bond motifs is 1. The lowest BCUT2D eigenvalue weighted by Crippen LogP contribution is -2.33. The van der Waals surface area contributed by atoms with Gasteiger partial charge in [-0.2, -0.15) is 0 Å². The lowest BCUT2D eigenvalue weighted by molar-refractivity contribution is 0.318. The Labute approximate surface area is 112 Å². The van der Waals surface area contributed by atoms with Gasteiger partial charge in [-0.25, -0.2) is 0 Å². The van der Waals surface area contributed by atoms with Crippen molar-refractivity contribution in [3.8, 4) is 0 Å². The molecule has 0 saturated carbocycles. The Morgan fingerprint density at radius 3 is 2.82 bits per heavy atom. The van der Waals surface area contributed by atoms with Crippen molar-refractivity contribution in [2.45, 2.75) is 31.3 Å². The third-order valence-electron chi connectivity index (χ3n) is 3.88. The SMILES string of the molecule is Clc1ccc(NC2CCN3CCCC23)cc1Cl. The largest absolute Gasteiger partial charge is 0.381 e. The molecule has 2 heterocycles. The number of hydrogen-bond acceptors (Lipinski definition) is 2. The Morgan fingerprint density at radius 2 is 2.00 bits per heavy atom. The van der Waals surface area contributed by atoms with Gasteiger partial charge in [-0.3, -0.25) is 4.90 Å². The van der Waals surface area contributed by atoms with Crippen LogP contribution < -0.4 is 5.32 Å². The van der Waals surface area contributed by atoms with Gasteiger partial charge in [0.25, 0.3) is 0 Å². The summed E-state index contributed by atoms with van der Waals surface area (Å²) in [6.07, 6.45) is 3.88. The average molecular weight is 271 g/mol. The van der Waals surface area contributed by atoms with Crippen LogP contribution >= 0.6 is 23.2 Å². The minimum absolute atomic E-state index is 0.565. The van der Waals surface area contributed by atoms with Crippen LogP contribution in [0.2, 0.25) is 10.0 Å². The zero-order chi connectivity index (χ0) is 11.8. The Hall–Kier alpha value is -0.440. The molecular weight excluding hydrogens is 255 g/mol. The summed E-state index contributed by atoms with van der Waals surface area (Å²) in [6, 6.07) is 7.06. The highest BCUT2D eigenvalue weighted by molar-refractivity contribution is 6.42. The second-order valence-corrected chi connectivity index (χ2v) is 5.73. The molecule has 2 aliphatic heterocycles. The second kappa shape index (κ2) is 4.68. The van der Waals surface area contributed by atoms with Crippen molar-refractivity contribution in [1.82, 2.24) is 4.90 Å². The topological polar surface area (TPSA) is 15.3 Å². The Bertz CT molecular complexity index is 422. The highest BCUT2D eigenvalue weighted by atomic mass is 35.5. The molecule has 0 amide bonds. The molecule has 3 rings (SSSR count). The predicted octanol–water partition coefficient (Wildman–Crippen LogP) is 3.64. The van der Waals surface area contributed by atoms with Gasteiger partial charge in [0.2, 0.25) is 0 Å². The fraction of sp³-hybridized carbons (Fsp3) is 0.538. The first-order valence-corrected chi connectivity index (χ1v) is 6.95. The van der Waals surface area contributed by atoms with E-state index in [-0.39, 0.29) is 0 Å². The summed E-state index contributed by atoms with van der Waals surface area (Å²) >= 11 is 11.9. The van der Waals surface area contributed by atoms with Gasteiger partial charge in [0.1, 0.15) is 0 Å². The van der Waals surface area contributed by atoms with E-state index in [0.29, 0.717) is 22.1 Å². The van der Waals surface area contributed by atoms with Crippen LogP contribution in [0.3, 0.4) is 0 Å².